The molecule has 0 bridgehead atoms. The van der Waals surface area contributed by atoms with E-state index >= 15 is 0 Å². The lowest BCUT2D eigenvalue weighted by Crippen LogP contribution is -2.40. The van der Waals surface area contributed by atoms with E-state index in [0.717, 1.165) is 12.8 Å². The number of fused-ring (bicyclic) bond motifs is 1. The van der Waals surface area contributed by atoms with Crippen molar-refractivity contribution in [1.82, 2.24) is 0 Å². The summed E-state index contributed by atoms with van der Waals surface area (Å²) in [5.74, 6) is 1.73. The van der Waals surface area contributed by atoms with E-state index < -0.39 is 11.4 Å². The summed E-state index contributed by atoms with van der Waals surface area (Å²) in [6.07, 6.45) is 14.6. The topological polar surface area (TPSA) is 38.7 Å². The quantitative estimate of drug-likeness (QED) is 0.489. The average Bonchev–Trinajstić information content (AvgIpc) is 3.20. The SMILES string of the molecule is CO[C@@]12C[C@@](C)(O)[C@H]3C[C@@]4(C)CC[C@H]([C@@H](C)/C=C\C=C(C)C)[C@@H]4C/C=C(/CO1)[C@H]32. The highest BCUT2D eigenvalue weighted by molar-refractivity contribution is 5.27. The first-order chi connectivity index (χ1) is 13.6. The predicted molar refractivity (Wildman–Crippen MR) is 117 cm³/mol. The third-order valence-electron chi connectivity index (χ3n) is 8.81. The Morgan fingerprint density at radius 2 is 2.07 bits per heavy atom. The van der Waals surface area contributed by atoms with Gasteiger partial charge in [0.05, 0.1) is 12.2 Å². The van der Waals surface area contributed by atoms with Gasteiger partial charge in [0.1, 0.15) is 0 Å². The minimum atomic E-state index is -0.738. The Kier molecular flexibility index (Phi) is 5.41. The summed E-state index contributed by atoms with van der Waals surface area (Å²) >= 11 is 0. The van der Waals surface area contributed by atoms with Crippen LogP contribution in [-0.4, -0.2) is 30.2 Å². The van der Waals surface area contributed by atoms with Crippen LogP contribution in [0, 0.1) is 35.0 Å². The molecule has 0 radical (unpaired) electrons. The molecule has 162 valence electrons. The van der Waals surface area contributed by atoms with Crippen LogP contribution in [0.2, 0.25) is 0 Å². The van der Waals surface area contributed by atoms with Crippen LogP contribution in [0.15, 0.2) is 35.5 Å². The Morgan fingerprint density at radius 1 is 1.31 bits per heavy atom. The summed E-state index contributed by atoms with van der Waals surface area (Å²) in [4.78, 5) is 0. The largest absolute Gasteiger partial charge is 0.390 e. The summed E-state index contributed by atoms with van der Waals surface area (Å²) in [7, 11) is 1.75. The molecule has 1 saturated heterocycles. The van der Waals surface area contributed by atoms with E-state index in [9.17, 15) is 5.11 Å². The Bertz CT molecular complexity index is 728. The van der Waals surface area contributed by atoms with Crippen LogP contribution >= 0.6 is 0 Å². The molecule has 2 saturated carbocycles. The fraction of sp³-hybridized carbons (Fsp3) is 0.769. The monoisotopic (exact) mass is 400 g/mol. The first kappa shape index (κ1) is 21.3. The lowest BCUT2D eigenvalue weighted by molar-refractivity contribution is -0.212. The van der Waals surface area contributed by atoms with Crippen LogP contribution in [-0.2, 0) is 9.47 Å². The number of aliphatic hydroxyl groups is 1. The zero-order valence-corrected chi connectivity index (χ0v) is 19.2. The van der Waals surface area contributed by atoms with Gasteiger partial charge in [-0.25, -0.2) is 0 Å². The molecule has 0 amide bonds. The molecule has 3 aliphatic carbocycles. The number of allylic oxidation sites excluding steroid dienone is 5. The second kappa shape index (κ2) is 7.35. The van der Waals surface area contributed by atoms with Crippen molar-refractivity contribution in [3.63, 3.8) is 0 Å². The van der Waals surface area contributed by atoms with Gasteiger partial charge >= 0.3 is 0 Å². The van der Waals surface area contributed by atoms with E-state index in [-0.39, 0.29) is 17.3 Å². The second-order valence-electron chi connectivity index (χ2n) is 11.1. The van der Waals surface area contributed by atoms with E-state index in [4.69, 9.17) is 9.47 Å². The van der Waals surface area contributed by atoms with Gasteiger partial charge in [0, 0.05) is 19.4 Å². The number of ether oxygens (including phenoxy) is 2. The lowest BCUT2D eigenvalue weighted by Gasteiger charge is -2.43. The van der Waals surface area contributed by atoms with Crippen LogP contribution in [0.5, 0.6) is 0 Å². The smallest absolute Gasteiger partial charge is 0.178 e. The summed E-state index contributed by atoms with van der Waals surface area (Å²) in [5.41, 5.74) is 2.25. The Balaban J connectivity index is 1.64. The predicted octanol–water partition coefficient (Wildman–Crippen LogP) is 5.66. The standard InChI is InChI=1S/C26H40O3/c1-17(2)8-7-9-18(3)20-12-13-24(4)14-22-23-19(10-11-21(20)24)15-29-26(23,28-6)16-25(22,5)27/h7-10,18,20-23,27H,11-16H2,1-6H3/b9-7-,19-10-/t18-,20+,21-,22-,23+,24+,25+,26-/m0/s1. The summed E-state index contributed by atoms with van der Waals surface area (Å²) in [5, 5.41) is 11.4. The number of hydrogen-bond acceptors (Lipinski definition) is 3. The molecule has 4 rings (SSSR count). The molecule has 0 unspecified atom stereocenters. The number of methoxy groups -OCH3 is 1. The van der Waals surface area contributed by atoms with Crippen molar-refractivity contribution < 1.29 is 14.6 Å². The van der Waals surface area contributed by atoms with Crippen LogP contribution in [0.4, 0.5) is 0 Å². The third kappa shape index (κ3) is 3.47. The Morgan fingerprint density at radius 3 is 2.76 bits per heavy atom. The van der Waals surface area contributed by atoms with E-state index in [0.29, 0.717) is 30.8 Å². The summed E-state index contributed by atoms with van der Waals surface area (Å²) in [6, 6.07) is 0. The molecule has 3 heteroatoms. The molecule has 0 spiro atoms. The molecule has 0 aromatic rings. The van der Waals surface area contributed by atoms with Gasteiger partial charge in [0.2, 0.25) is 0 Å². The molecule has 4 aliphatic rings. The maximum atomic E-state index is 11.4. The second-order valence-corrected chi connectivity index (χ2v) is 11.1. The molecule has 3 fully saturated rings. The van der Waals surface area contributed by atoms with Crippen molar-refractivity contribution in [1.29, 1.82) is 0 Å². The summed E-state index contributed by atoms with van der Waals surface area (Å²) in [6.45, 7) is 11.8. The van der Waals surface area contributed by atoms with Gasteiger partial charge in [-0.1, -0.05) is 43.7 Å². The highest BCUT2D eigenvalue weighted by Gasteiger charge is 2.66. The van der Waals surface area contributed by atoms with Crippen LogP contribution < -0.4 is 0 Å². The van der Waals surface area contributed by atoms with E-state index in [1.165, 1.54) is 24.0 Å². The van der Waals surface area contributed by atoms with E-state index in [1.54, 1.807) is 7.11 Å². The fourth-order valence-corrected chi connectivity index (χ4v) is 7.25. The van der Waals surface area contributed by atoms with Crippen molar-refractivity contribution in [3.8, 4) is 0 Å². The normalized spacial score (nSPS) is 49.1. The van der Waals surface area contributed by atoms with Crippen molar-refractivity contribution in [2.45, 2.75) is 78.1 Å². The third-order valence-corrected chi connectivity index (χ3v) is 8.81. The maximum Gasteiger partial charge on any atom is 0.178 e. The Hall–Kier alpha value is -0.900. The Labute approximate surface area is 177 Å². The van der Waals surface area contributed by atoms with Crippen LogP contribution in [0.3, 0.4) is 0 Å². The van der Waals surface area contributed by atoms with Crippen molar-refractivity contribution in [3.05, 3.63) is 35.5 Å². The molecular formula is C26H40O3. The highest BCUT2D eigenvalue weighted by Crippen LogP contribution is 2.64. The van der Waals surface area contributed by atoms with Gasteiger partial charge in [-0.05, 0) is 81.1 Å². The van der Waals surface area contributed by atoms with Gasteiger partial charge < -0.3 is 14.6 Å². The van der Waals surface area contributed by atoms with Gasteiger partial charge in [-0.3, -0.25) is 0 Å². The van der Waals surface area contributed by atoms with Gasteiger partial charge in [0.15, 0.2) is 5.79 Å². The molecule has 29 heavy (non-hydrogen) atoms. The molecule has 0 aromatic heterocycles. The van der Waals surface area contributed by atoms with Crippen LogP contribution in [0.25, 0.3) is 0 Å². The first-order valence-corrected chi connectivity index (χ1v) is 11.5. The van der Waals surface area contributed by atoms with E-state index in [1.807, 2.05) is 6.92 Å². The zero-order valence-electron chi connectivity index (χ0n) is 19.2. The number of hydrogen-bond donors (Lipinski definition) is 1. The molecule has 1 heterocycles. The maximum absolute atomic E-state index is 11.4. The van der Waals surface area contributed by atoms with Crippen molar-refractivity contribution in [2.24, 2.45) is 35.0 Å². The minimum absolute atomic E-state index is 0.203. The first-order valence-electron chi connectivity index (χ1n) is 11.5. The highest BCUT2D eigenvalue weighted by atomic mass is 16.7. The van der Waals surface area contributed by atoms with Gasteiger partial charge in [-0.2, -0.15) is 0 Å². The molecule has 0 aromatic carbocycles. The number of rotatable bonds is 4. The summed E-state index contributed by atoms with van der Waals surface area (Å²) < 4.78 is 12.1. The van der Waals surface area contributed by atoms with Crippen molar-refractivity contribution in [2.75, 3.05) is 13.7 Å². The molecule has 3 nitrogen and oxygen atoms in total. The average molecular weight is 401 g/mol. The fourth-order valence-electron chi connectivity index (χ4n) is 7.25. The molecule has 1 N–H and O–H groups in total. The van der Waals surface area contributed by atoms with E-state index in [2.05, 4.69) is 52.0 Å². The molecule has 1 aliphatic heterocycles. The lowest BCUT2D eigenvalue weighted by atomic mass is 9.63. The zero-order chi connectivity index (χ0) is 21.0. The van der Waals surface area contributed by atoms with Gasteiger partial charge in [-0.15, -0.1) is 0 Å². The molecule has 8 atom stereocenters. The molecular weight excluding hydrogens is 360 g/mol. The minimum Gasteiger partial charge on any atom is -0.390 e. The van der Waals surface area contributed by atoms with Gasteiger partial charge in [0.25, 0.3) is 0 Å². The van der Waals surface area contributed by atoms with Crippen molar-refractivity contribution >= 4 is 0 Å². The van der Waals surface area contributed by atoms with Crippen LogP contribution in [0.1, 0.15) is 66.7 Å².